The van der Waals surface area contributed by atoms with Gasteiger partial charge < -0.3 is 19.3 Å². The molecule has 1 saturated heterocycles. The van der Waals surface area contributed by atoms with Crippen molar-refractivity contribution in [1.29, 1.82) is 0 Å². The van der Waals surface area contributed by atoms with Crippen LogP contribution >= 0.6 is 0 Å². The van der Waals surface area contributed by atoms with Crippen molar-refractivity contribution in [3.63, 3.8) is 0 Å². The fourth-order valence-electron chi connectivity index (χ4n) is 10.6. The van der Waals surface area contributed by atoms with Gasteiger partial charge in [-0.05, 0) is 132 Å². The maximum atomic E-state index is 7.74. The Morgan fingerprint density at radius 3 is 2.24 bits per heavy atom. The highest BCUT2D eigenvalue weighted by Crippen LogP contribution is 2.68. The summed E-state index contributed by atoms with van der Waals surface area (Å²) >= 11 is 0. The molecule has 0 spiro atoms. The number of hydrogen-bond acceptors (Lipinski definition) is 4. The zero-order valence-corrected chi connectivity index (χ0v) is 29.5. The SMILES string of the molecule is COc1ccc(C2(c3ccc(N(C)C)cc3)C=Cc3c4c(c5ccc(N6CCCCC6)cc5c3O2)-c2ccccc2C2C3CCC(C3)C42)cc1. The fourth-order valence-corrected chi connectivity index (χ4v) is 10.6. The lowest BCUT2D eigenvalue weighted by atomic mass is 9.63. The van der Waals surface area contributed by atoms with E-state index in [2.05, 4.69) is 127 Å². The number of rotatable bonds is 5. The summed E-state index contributed by atoms with van der Waals surface area (Å²) in [6.07, 6.45) is 12.7. The van der Waals surface area contributed by atoms with E-state index in [1.165, 1.54) is 82.9 Å². The van der Waals surface area contributed by atoms with Gasteiger partial charge in [0.15, 0.2) is 5.60 Å². The lowest BCUT2D eigenvalue weighted by Crippen LogP contribution is -2.35. The van der Waals surface area contributed by atoms with Crippen molar-refractivity contribution in [1.82, 2.24) is 0 Å². The van der Waals surface area contributed by atoms with Crippen LogP contribution in [-0.4, -0.2) is 34.3 Å². The van der Waals surface area contributed by atoms with E-state index in [0.29, 0.717) is 11.8 Å². The smallest absolute Gasteiger partial charge is 0.178 e. The summed E-state index contributed by atoms with van der Waals surface area (Å²) in [6, 6.07) is 34.1. The first-order valence-corrected chi connectivity index (χ1v) is 18.8. The largest absolute Gasteiger partial charge is 0.497 e. The molecular formula is C46H46N2O2. The topological polar surface area (TPSA) is 24.9 Å². The summed E-state index contributed by atoms with van der Waals surface area (Å²) < 4.78 is 13.4. The first-order valence-electron chi connectivity index (χ1n) is 18.8. The second-order valence-corrected chi connectivity index (χ2v) is 15.6. The lowest BCUT2D eigenvalue weighted by molar-refractivity contribution is 0.163. The van der Waals surface area contributed by atoms with Crippen molar-refractivity contribution >= 4 is 28.2 Å². The van der Waals surface area contributed by atoms with Crippen molar-refractivity contribution in [2.24, 2.45) is 11.8 Å². The highest BCUT2D eigenvalue weighted by atomic mass is 16.5. The third kappa shape index (κ3) is 4.36. The van der Waals surface area contributed by atoms with Gasteiger partial charge in [-0.1, -0.05) is 60.7 Å². The molecule has 4 nitrogen and oxygen atoms in total. The van der Waals surface area contributed by atoms with Gasteiger partial charge in [-0.25, -0.2) is 0 Å². The predicted molar refractivity (Wildman–Crippen MR) is 206 cm³/mol. The third-order valence-corrected chi connectivity index (χ3v) is 13.0. The van der Waals surface area contributed by atoms with E-state index in [1.807, 2.05) is 0 Å². The number of methoxy groups -OCH3 is 1. The van der Waals surface area contributed by atoms with E-state index in [0.717, 1.165) is 47.6 Å². The maximum Gasteiger partial charge on any atom is 0.178 e. The van der Waals surface area contributed by atoms with Gasteiger partial charge in [-0.15, -0.1) is 0 Å². The van der Waals surface area contributed by atoms with Crippen molar-refractivity contribution < 1.29 is 9.47 Å². The molecule has 50 heavy (non-hydrogen) atoms. The molecule has 0 radical (unpaired) electrons. The van der Waals surface area contributed by atoms with Crippen molar-refractivity contribution in [3.8, 4) is 22.6 Å². The first-order chi connectivity index (χ1) is 24.5. The van der Waals surface area contributed by atoms with Gasteiger partial charge in [0.25, 0.3) is 0 Å². The number of hydrogen-bond donors (Lipinski definition) is 0. The number of ether oxygens (including phenoxy) is 2. The molecule has 2 aliphatic heterocycles. The second kappa shape index (κ2) is 11.4. The van der Waals surface area contributed by atoms with Gasteiger partial charge in [-0.2, -0.15) is 0 Å². The van der Waals surface area contributed by atoms with Crippen LogP contribution in [0.2, 0.25) is 0 Å². The van der Waals surface area contributed by atoms with Crippen molar-refractivity contribution in [2.75, 3.05) is 44.1 Å². The zero-order chi connectivity index (χ0) is 33.6. The Bertz CT molecular complexity index is 2140. The number of piperidine rings is 1. The molecule has 2 saturated carbocycles. The summed E-state index contributed by atoms with van der Waals surface area (Å²) in [4.78, 5) is 4.74. The standard InChI is InChI=1S/C46H46N2O2/c1-47(2)33-17-13-31(14-18-33)46(32-15-20-35(49-3)21-16-32)24-23-39-44-42-30-12-11-29(27-30)41(42)36-9-5-6-10-37(36)43(44)38-22-19-34(28-40(38)45(39)50-46)48-25-7-4-8-26-48/h5-6,9-10,13-24,28-30,41-42H,4,7-8,11-12,25-27H2,1-3H3. The monoisotopic (exact) mass is 658 g/mol. The highest BCUT2D eigenvalue weighted by molar-refractivity contribution is 6.08. The number of nitrogens with zero attached hydrogens (tertiary/aromatic N) is 2. The Hall–Kier alpha value is -4.70. The zero-order valence-electron chi connectivity index (χ0n) is 29.5. The molecule has 5 aliphatic rings. The number of benzene rings is 5. The molecule has 0 N–H and O–H groups in total. The molecule has 3 fully saturated rings. The van der Waals surface area contributed by atoms with Crippen LogP contribution in [0.4, 0.5) is 11.4 Å². The molecule has 0 amide bonds. The van der Waals surface area contributed by atoms with Crippen LogP contribution in [0.5, 0.6) is 11.5 Å². The fraction of sp³-hybridized carbons (Fsp3) is 0.348. The van der Waals surface area contributed by atoms with E-state index in [1.54, 1.807) is 12.7 Å². The lowest BCUT2D eigenvalue weighted by Gasteiger charge is -2.43. The third-order valence-electron chi connectivity index (χ3n) is 13.0. The van der Waals surface area contributed by atoms with Gasteiger partial charge in [0.2, 0.25) is 0 Å². The summed E-state index contributed by atoms with van der Waals surface area (Å²) in [5, 5.41) is 2.56. The molecule has 5 atom stereocenters. The summed E-state index contributed by atoms with van der Waals surface area (Å²) in [6.45, 7) is 2.23. The molecule has 2 bridgehead atoms. The van der Waals surface area contributed by atoms with Crippen LogP contribution in [-0.2, 0) is 5.60 Å². The minimum absolute atomic E-state index is 0.527. The average molecular weight is 659 g/mol. The summed E-state index contributed by atoms with van der Waals surface area (Å²) in [7, 11) is 5.92. The molecular weight excluding hydrogens is 613 g/mol. The minimum atomic E-state index is -0.799. The number of anilines is 2. The van der Waals surface area contributed by atoms with Crippen LogP contribution in [0.3, 0.4) is 0 Å². The predicted octanol–water partition coefficient (Wildman–Crippen LogP) is 10.5. The quantitative estimate of drug-likeness (QED) is 0.188. The summed E-state index contributed by atoms with van der Waals surface area (Å²) in [5.74, 6) is 4.50. The Morgan fingerprint density at radius 2 is 1.50 bits per heavy atom. The molecule has 5 unspecified atom stereocenters. The highest BCUT2D eigenvalue weighted by Gasteiger charge is 2.53. The van der Waals surface area contributed by atoms with Crippen LogP contribution in [0.15, 0.2) is 97.1 Å². The Labute approximate surface area is 296 Å². The van der Waals surface area contributed by atoms with Crippen LogP contribution in [0.25, 0.3) is 28.0 Å². The van der Waals surface area contributed by atoms with Crippen LogP contribution < -0.4 is 19.3 Å². The molecule has 3 aliphatic carbocycles. The molecule has 10 rings (SSSR count). The second-order valence-electron chi connectivity index (χ2n) is 15.6. The molecule has 5 aromatic carbocycles. The molecule has 5 aromatic rings. The van der Waals surface area contributed by atoms with E-state index in [9.17, 15) is 0 Å². The first kappa shape index (κ1) is 30.2. The van der Waals surface area contributed by atoms with E-state index in [4.69, 9.17) is 9.47 Å². The average Bonchev–Trinajstić information content (AvgIpc) is 3.81. The molecule has 252 valence electrons. The molecule has 4 heteroatoms. The van der Waals surface area contributed by atoms with Gasteiger partial charge in [-0.3, -0.25) is 0 Å². The van der Waals surface area contributed by atoms with Crippen molar-refractivity contribution in [2.45, 2.75) is 56.0 Å². The van der Waals surface area contributed by atoms with Gasteiger partial charge >= 0.3 is 0 Å². The Morgan fingerprint density at radius 1 is 0.780 bits per heavy atom. The van der Waals surface area contributed by atoms with E-state index < -0.39 is 5.60 Å². The summed E-state index contributed by atoms with van der Waals surface area (Å²) in [5.41, 5.74) is 11.2. The Kier molecular flexibility index (Phi) is 6.88. The molecule has 0 aromatic heterocycles. The van der Waals surface area contributed by atoms with Gasteiger partial charge in [0.05, 0.1) is 7.11 Å². The van der Waals surface area contributed by atoms with Gasteiger partial charge in [0.1, 0.15) is 11.5 Å². The maximum absolute atomic E-state index is 7.74. The minimum Gasteiger partial charge on any atom is -0.497 e. The van der Waals surface area contributed by atoms with Crippen molar-refractivity contribution in [3.05, 3.63) is 125 Å². The van der Waals surface area contributed by atoms with E-state index in [-0.39, 0.29) is 0 Å². The molecule has 2 heterocycles. The Balaban J connectivity index is 1.25. The van der Waals surface area contributed by atoms with Crippen LogP contribution in [0, 0.1) is 11.8 Å². The van der Waals surface area contributed by atoms with E-state index >= 15 is 0 Å². The van der Waals surface area contributed by atoms with Crippen LogP contribution in [0.1, 0.15) is 78.2 Å². The number of fused-ring (bicyclic) bond motifs is 15. The van der Waals surface area contributed by atoms with Gasteiger partial charge in [0, 0.05) is 60.6 Å². The normalized spacial score (nSPS) is 25.8.